The second-order valence-electron chi connectivity index (χ2n) is 10.5. The monoisotopic (exact) mass is 561 g/mol. The van der Waals surface area contributed by atoms with E-state index in [0.717, 1.165) is 52.3 Å². The molecule has 1 heterocycles. The molecule has 0 radical (unpaired) electrons. The summed E-state index contributed by atoms with van der Waals surface area (Å²) in [6, 6.07) is 29.7. The van der Waals surface area contributed by atoms with Crippen LogP contribution in [0.25, 0.3) is 22.5 Å². The summed E-state index contributed by atoms with van der Waals surface area (Å²) < 4.78 is 8.81. The Bertz CT molecular complexity index is 1730. The fraction of sp³-hybridized carbons (Fsp3) is 0.229. The molecule has 1 aromatic heterocycles. The Morgan fingerprint density at radius 2 is 1.43 bits per heavy atom. The quantitative estimate of drug-likeness (QED) is 0.199. The zero-order valence-corrected chi connectivity index (χ0v) is 24.2. The fourth-order valence-electron chi connectivity index (χ4n) is 5.05. The van der Waals surface area contributed by atoms with Gasteiger partial charge in [-0.3, -0.25) is 4.79 Å². The number of carboxylic acid groups (broad SMARTS) is 1. The molecule has 0 aliphatic rings. The van der Waals surface area contributed by atoms with Crippen LogP contribution in [0.1, 0.15) is 41.4 Å². The number of aromatic nitrogens is 3. The Morgan fingerprint density at radius 3 is 2.05 bits per heavy atom. The molecule has 0 bridgehead atoms. The molecule has 7 heteroatoms. The Balaban J connectivity index is 1.34. The van der Waals surface area contributed by atoms with Crippen LogP contribution in [0, 0.1) is 13.8 Å². The van der Waals surface area contributed by atoms with Crippen molar-refractivity contribution < 1.29 is 14.6 Å². The van der Waals surface area contributed by atoms with E-state index >= 15 is 0 Å². The SMILES string of the molecule is CCOc1ccc(-c2ccc(CCCc3nn(-c4ccc(C)cc4)c(=O)n3-c3ccc(C)cc3)cc2)cc1CC(=O)O. The summed E-state index contributed by atoms with van der Waals surface area (Å²) in [7, 11) is 0. The van der Waals surface area contributed by atoms with E-state index in [0.29, 0.717) is 24.3 Å². The number of rotatable bonds is 11. The molecular formula is C35H35N3O4. The predicted molar refractivity (Wildman–Crippen MR) is 165 cm³/mol. The van der Waals surface area contributed by atoms with Gasteiger partial charge in [0.05, 0.1) is 24.4 Å². The lowest BCUT2D eigenvalue weighted by molar-refractivity contribution is -0.136. The topological polar surface area (TPSA) is 86.4 Å². The first-order chi connectivity index (χ1) is 20.3. The van der Waals surface area contributed by atoms with Crippen molar-refractivity contribution in [2.75, 3.05) is 6.61 Å². The lowest BCUT2D eigenvalue weighted by atomic mass is 9.98. The molecule has 0 spiro atoms. The van der Waals surface area contributed by atoms with Crippen LogP contribution in [-0.4, -0.2) is 32.0 Å². The summed E-state index contributed by atoms with van der Waals surface area (Å²) in [5.74, 6) is 0.440. The van der Waals surface area contributed by atoms with Gasteiger partial charge in [-0.25, -0.2) is 9.36 Å². The zero-order valence-electron chi connectivity index (χ0n) is 24.2. The van der Waals surface area contributed by atoms with E-state index < -0.39 is 5.97 Å². The van der Waals surface area contributed by atoms with E-state index in [2.05, 4.69) is 24.3 Å². The smallest absolute Gasteiger partial charge is 0.355 e. The molecule has 0 atom stereocenters. The van der Waals surface area contributed by atoms with Crippen LogP contribution in [0.3, 0.4) is 0 Å². The molecular weight excluding hydrogens is 526 g/mol. The van der Waals surface area contributed by atoms with Gasteiger partial charge in [0, 0.05) is 12.0 Å². The van der Waals surface area contributed by atoms with Crippen molar-refractivity contribution >= 4 is 5.97 Å². The third kappa shape index (κ3) is 6.52. The van der Waals surface area contributed by atoms with Gasteiger partial charge in [-0.1, -0.05) is 65.7 Å². The molecule has 0 aliphatic carbocycles. The number of carbonyl (C=O) groups is 1. The molecule has 5 rings (SSSR count). The lowest BCUT2D eigenvalue weighted by Crippen LogP contribution is -2.23. The number of ether oxygens (including phenoxy) is 1. The largest absolute Gasteiger partial charge is 0.494 e. The van der Waals surface area contributed by atoms with Gasteiger partial charge in [0.2, 0.25) is 0 Å². The van der Waals surface area contributed by atoms with E-state index in [9.17, 15) is 14.7 Å². The summed E-state index contributed by atoms with van der Waals surface area (Å²) in [5.41, 5.74) is 7.43. The van der Waals surface area contributed by atoms with Crippen molar-refractivity contribution in [2.45, 2.75) is 46.5 Å². The summed E-state index contributed by atoms with van der Waals surface area (Å²) in [4.78, 5) is 24.9. The average Bonchev–Trinajstić information content (AvgIpc) is 3.30. The molecule has 0 aliphatic heterocycles. The minimum atomic E-state index is -0.889. The predicted octanol–water partition coefficient (Wildman–Crippen LogP) is 6.51. The van der Waals surface area contributed by atoms with Gasteiger partial charge in [-0.15, -0.1) is 5.10 Å². The van der Waals surface area contributed by atoms with Crippen LogP contribution in [0.5, 0.6) is 5.75 Å². The van der Waals surface area contributed by atoms with Crippen LogP contribution in [0.2, 0.25) is 0 Å². The van der Waals surface area contributed by atoms with Gasteiger partial charge < -0.3 is 9.84 Å². The van der Waals surface area contributed by atoms with Gasteiger partial charge in [0.15, 0.2) is 0 Å². The number of carboxylic acids is 1. The van der Waals surface area contributed by atoms with Crippen molar-refractivity contribution in [2.24, 2.45) is 0 Å². The Kier molecular flexibility index (Phi) is 8.67. The van der Waals surface area contributed by atoms with Gasteiger partial charge in [0.25, 0.3) is 0 Å². The number of hydrogen-bond donors (Lipinski definition) is 1. The second kappa shape index (κ2) is 12.7. The van der Waals surface area contributed by atoms with Crippen LogP contribution >= 0.6 is 0 Å². The van der Waals surface area contributed by atoms with Crippen LogP contribution in [-0.2, 0) is 24.1 Å². The summed E-state index contributed by atoms with van der Waals surface area (Å²) in [6.45, 7) is 6.41. The Labute approximate surface area is 245 Å². The molecule has 0 amide bonds. The van der Waals surface area contributed by atoms with Gasteiger partial charge >= 0.3 is 11.7 Å². The van der Waals surface area contributed by atoms with E-state index in [1.54, 1.807) is 4.57 Å². The first-order valence-electron chi connectivity index (χ1n) is 14.2. The van der Waals surface area contributed by atoms with Crippen molar-refractivity contribution in [1.29, 1.82) is 0 Å². The van der Waals surface area contributed by atoms with Crippen LogP contribution in [0.4, 0.5) is 0 Å². The summed E-state index contributed by atoms with van der Waals surface area (Å²) in [5, 5.41) is 14.1. The third-order valence-corrected chi connectivity index (χ3v) is 7.27. The molecule has 214 valence electrons. The number of nitrogens with zero attached hydrogens (tertiary/aromatic N) is 3. The second-order valence-corrected chi connectivity index (χ2v) is 10.5. The molecule has 0 saturated carbocycles. The fourth-order valence-corrected chi connectivity index (χ4v) is 5.05. The number of hydrogen-bond acceptors (Lipinski definition) is 4. The summed E-state index contributed by atoms with van der Waals surface area (Å²) >= 11 is 0. The number of aliphatic carboxylic acids is 1. The summed E-state index contributed by atoms with van der Waals surface area (Å²) in [6.07, 6.45) is 2.20. The van der Waals surface area contributed by atoms with Crippen molar-refractivity contribution in [3.05, 3.63) is 130 Å². The minimum absolute atomic E-state index is 0.0887. The minimum Gasteiger partial charge on any atom is -0.494 e. The molecule has 0 unspecified atom stereocenters. The number of aryl methyl sites for hydroxylation is 4. The van der Waals surface area contributed by atoms with E-state index in [1.165, 1.54) is 10.2 Å². The lowest BCUT2D eigenvalue weighted by Gasteiger charge is -2.12. The highest BCUT2D eigenvalue weighted by Gasteiger charge is 2.16. The highest BCUT2D eigenvalue weighted by Crippen LogP contribution is 2.28. The molecule has 4 aromatic carbocycles. The van der Waals surface area contributed by atoms with Crippen molar-refractivity contribution in [1.82, 2.24) is 14.3 Å². The van der Waals surface area contributed by atoms with E-state index in [1.807, 2.05) is 87.5 Å². The first kappa shape index (κ1) is 28.6. The Hall–Kier alpha value is -4.91. The van der Waals surface area contributed by atoms with Gasteiger partial charge in [0.1, 0.15) is 11.6 Å². The zero-order chi connectivity index (χ0) is 29.6. The first-order valence-corrected chi connectivity index (χ1v) is 14.2. The molecule has 0 saturated heterocycles. The van der Waals surface area contributed by atoms with Crippen LogP contribution < -0.4 is 10.4 Å². The highest BCUT2D eigenvalue weighted by molar-refractivity contribution is 5.74. The molecule has 0 fully saturated rings. The van der Waals surface area contributed by atoms with E-state index in [-0.39, 0.29) is 12.1 Å². The number of benzene rings is 4. The Morgan fingerprint density at radius 1 is 0.810 bits per heavy atom. The molecule has 7 nitrogen and oxygen atoms in total. The maximum absolute atomic E-state index is 13.5. The highest BCUT2D eigenvalue weighted by atomic mass is 16.5. The van der Waals surface area contributed by atoms with Gasteiger partial charge in [-0.2, -0.15) is 4.68 Å². The molecule has 1 N–H and O–H groups in total. The van der Waals surface area contributed by atoms with Crippen molar-refractivity contribution in [3.8, 4) is 28.3 Å². The van der Waals surface area contributed by atoms with Crippen molar-refractivity contribution in [3.63, 3.8) is 0 Å². The standard InChI is InChI=1S/C35H35N3O4/c1-4-42-32-21-16-28(22-29(32)23-34(39)40)27-14-12-26(13-15-27)6-5-7-33-36-38(31-19-10-25(3)11-20-31)35(41)37(33)30-17-8-24(2)9-18-30/h8-22H,4-7,23H2,1-3H3,(H,39,40). The molecule has 42 heavy (non-hydrogen) atoms. The molecule has 5 aromatic rings. The third-order valence-electron chi connectivity index (χ3n) is 7.27. The maximum Gasteiger partial charge on any atom is 0.355 e. The maximum atomic E-state index is 13.5. The average molecular weight is 562 g/mol. The normalized spacial score (nSPS) is 11.0. The van der Waals surface area contributed by atoms with E-state index in [4.69, 9.17) is 9.84 Å². The van der Waals surface area contributed by atoms with Gasteiger partial charge in [-0.05, 0) is 86.7 Å². The van der Waals surface area contributed by atoms with Crippen LogP contribution in [0.15, 0.2) is 95.8 Å².